The molecule has 80 valence electrons. The van der Waals surface area contributed by atoms with Crippen molar-refractivity contribution in [1.29, 1.82) is 0 Å². The van der Waals surface area contributed by atoms with Gasteiger partial charge in [0.15, 0.2) is 0 Å². The zero-order chi connectivity index (χ0) is 10.7. The van der Waals surface area contributed by atoms with Crippen LogP contribution in [0.1, 0.15) is 30.7 Å². The second-order valence-electron chi connectivity index (χ2n) is 4.18. The highest BCUT2D eigenvalue weighted by molar-refractivity contribution is 5.54. The first-order valence-corrected chi connectivity index (χ1v) is 5.42. The minimum Gasteiger partial charge on any atom is -0.497 e. The first-order valence-electron chi connectivity index (χ1n) is 5.42. The summed E-state index contributed by atoms with van der Waals surface area (Å²) in [6, 6.07) is 8.18. The van der Waals surface area contributed by atoms with Gasteiger partial charge in [-0.1, -0.05) is 12.1 Å². The van der Waals surface area contributed by atoms with Gasteiger partial charge >= 0.3 is 0 Å². The van der Waals surface area contributed by atoms with Crippen LogP contribution in [0.2, 0.25) is 0 Å². The molecule has 1 saturated carbocycles. The molecule has 15 heavy (non-hydrogen) atoms. The van der Waals surface area contributed by atoms with Crippen LogP contribution < -0.4 is 4.74 Å². The van der Waals surface area contributed by atoms with Gasteiger partial charge in [0.25, 0.3) is 0 Å². The lowest BCUT2D eigenvalue weighted by atomic mass is 9.96. The molecule has 0 aliphatic heterocycles. The molecule has 0 amide bonds. The van der Waals surface area contributed by atoms with E-state index in [1.165, 1.54) is 5.56 Å². The first-order chi connectivity index (χ1) is 7.33. The Morgan fingerprint density at radius 1 is 1.40 bits per heavy atom. The summed E-state index contributed by atoms with van der Waals surface area (Å²) in [5.41, 5.74) is 1.30. The summed E-state index contributed by atoms with van der Waals surface area (Å²) in [6.45, 7) is 0. The Morgan fingerprint density at radius 2 is 2.27 bits per heavy atom. The Hall–Kier alpha value is -1.31. The summed E-state index contributed by atoms with van der Waals surface area (Å²) in [6.07, 6.45) is 4.25. The maximum absolute atomic E-state index is 10.7. The second kappa shape index (κ2) is 4.47. The lowest BCUT2D eigenvalue weighted by molar-refractivity contribution is -0.110. The van der Waals surface area contributed by atoms with E-state index in [1.54, 1.807) is 7.11 Å². The molecule has 2 atom stereocenters. The molecule has 1 fully saturated rings. The molecule has 0 aromatic heterocycles. The molecule has 0 heterocycles. The number of methoxy groups -OCH3 is 1. The van der Waals surface area contributed by atoms with E-state index in [1.807, 2.05) is 12.1 Å². The SMILES string of the molecule is COc1cccc([C@H]2CC[C@@H](C=O)C2)c1. The first kappa shape index (κ1) is 10.2. The van der Waals surface area contributed by atoms with Gasteiger partial charge in [0, 0.05) is 5.92 Å². The molecule has 0 unspecified atom stereocenters. The van der Waals surface area contributed by atoms with Crippen LogP contribution in [0.25, 0.3) is 0 Å². The van der Waals surface area contributed by atoms with E-state index in [-0.39, 0.29) is 5.92 Å². The highest BCUT2D eigenvalue weighted by atomic mass is 16.5. The Labute approximate surface area is 90.3 Å². The highest BCUT2D eigenvalue weighted by Gasteiger charge is 2.25. The molecule has 0 saturated heterocycles. The van der Waals surface area contributed by atoms with Crippen molar-refractivity contribution in [3.05, 3.63) is 29.8 Å². The van der Waals surface area contributed by atoms with Gasteiger partial charge in [-0.3, -0.25) is 0 Å². The fourth-order valence-electron chi connectivity index (χ4n) is 2.34. The van der Waals surface area contributed by atoms with Crippen molar-refractivity contribution in [2.24, 2.45) is 5.92 Å². The third-order valence-electron chi connectivity index (χ3n) is 3.23. The molecular formula is C13H16O2. The molecule has 2 nitrogen and oxygen atoms in total. The van der Waals surface area contributed by atoms with Gasteiger partial charge in [0.2, 0.25) is 0 Å². The maximum Gasteiger partial charge on any atom is 0.123 e. The Bertz CT molecular complexity index is 346. The third-order valence-corrected chi connectivity index (χ3v) is 3.23. The van der Waals surface area contributed by atoms with E-state index in [9.17, 15) is 4.79 Å². The van der Waals surface area contributed by atoms with Crippen LogP contribution in [-0.2, 0) is 4.79 Å². The number of benzene rings is 1. The van der Waals surface area contributed by atoms with Crippen molar-refractivity contribution in [2.45, 2.75) is 25.2 Å². The van der Waals surface area contributed by atoms with Crippen molar-refractivity contribution < 1.29 is 9.53 Å². The van der Waals surface area contributed by atoms with Crippen LogP contribution in [-0.4, -0.2) is 13.4 Å². The number of rotatable bonds is 3. The topological polar surface area (TPSA) is 26.3 Å². The lowest BCUT2D eigenvalue weighted by Gasteiger charge is -2.10. The van der Waals surface area contributed by atoms with Crippen LogP contribution in [0, 0.1) is 5.92 Å². The fraction of sp³-hybridized carbons (Fsp3) is 0.462. The van der Waals surface area contributed by atoms with Gasteiger partial charge in [0.05, 0.1) is 7.11 Å². The zero-order valence-corrected chi connectivity index (χ0v) is 8.98. The molecule has 0 spiro atoms. The standard InChI is InChI=1S/C13H16O2/c1-15-13-4-2-3-11(8-13)12-6-5-10(7-12)9-14/h2-4,8-10,12H,5-7H2,1H3/t10-,12+/m1/s1. The highest BCUT2D eigenvalue weighted by Crippen LogP contribution is 2.38. The monoisotopic (exact) mass is 204 g/mol. The van der Waals surface area contributed by atoms with E-state index >= 15 is 0 Å². The van der Waals surface area contributed by atoms with Crippen LogP contribution in [0.5, 0.6) is 5.75 Å². The van der Waals surface area contributed by atoms with Crippen LogP contribution in [0.3, 0.4) is 0 Å². The molecule has 2 heteroatoms. The lowest BCUT2D eigenvalue weighted by Crippen LogP contribution is -1.97. The predicted octanol–water partition coefficient (Wildman–Crippen LogP) is 2.78. The average Bonchev–Trinajstić information content (AvgIpc) is 2.78. The minimum atomic E-state index is 0.265. The molecule has 1 aromatic rings. The molecule has 0 radical (unpaired) electrons. The molecule has 1 aliphatic rings. The molecule has 1 aliphatic carbocycles. The van der Waals surface area contributed by atoms with Crippen molar-refractivity contribution in [2.75, 3.05) is 7.11 Å². The Morgan fingerprint density at radius 3 is 2.93 bits per heavy atom. The fourth-order valence-corrected chi connectivity index (χ4v) is 2.34. The van der Waals surface area contributed by atoms with Gasteiger partial charge in [0.1, 0.15) is 12.0 Å². The number of aldehydes is 1. The normalized spacial score (nSPS) is 25.1. The molecule has 0 bridgehead atoms. The van der Waals surface area contributed by atoms with Gasteiger partial charge < -0.3 is 9.53 Å². The van der Waals surface area contributed by atoms with E-state index in [0.29, 0.717) is 5.92 Å². The van der Waals surface area contributed by atoms with Crippen molar-refractivity contribution >= 4 is 6.29 Å². The van der Waals surface area contributed by atoms with Crippen LogP contribution in [0.4, 0.5) is 0 Å². The molecule has 2 rings (SSSR count). The van der Waals surface area contributed by atoms with E-state index in [4.69, 9.17) is 4.74 Å². The van der Waals surface area contributed by atoms with Gasteiger partial charge in [-0.2, -0.15) is 0 Å². The quantitative estimate of drug-likeness (QED) is 0.708. The smallest absolute Gasteiger partial charge is 0.123 e. The molecular weight excluding hydrogens is 188 g/mol. The van der Waals surface area contributed by atoms with Crippen LogP contribution in [0.15, 0.2) is 24.3 Å². The summed E-state index contributed by atoms with van der Waals surface area (Å²) in [5.74, 6) is 1.71. The third kappa shape index (κ3) is 2.20. The predicted molar refractivity (Wildman–Crippen MR) is 59.1 cm³/mol. The number of ether oxygens (including phenoxy) is 1. The number of hydrogen-bond acceptors (Lipinski definition) is 2. The second-order valence-corrected chi connectivity index (χ2v) is 4.18. The van der Waals surface area contributed by atoms with Gasteiger partial charge in [-0.05, 0) is 42.9 Å². The maximum atomic E-state index is 10.7. The summed E-state index contributed by atoms with van der Waals surface area (Å²) in [5, 5.41) is 0. The van der Waals surface area contributed by atoms with E-state index in [2.05, 4.69) is 12.1 Å². The van der Waals surface area contributed by atoms with Gasteiger partial charge in [-0.15, -0.1) is 0 Å². The van der Waals surface area contributed by atoms with E-state index in [0.717, 1.165) is 31.3 Å². The summed E-state index contributed by atoms with van der Waals surface area (Å²) in [4.78, 5) is 10.7. The molecule has 0 N–H and O–H groups in total. The minimum absolute atomic E-state index is 0.265. The summed E-state index contributed by atoms with van der Waals surface area (Å²) < 4.78 is 5.20. The summed E-state index contributed by atoms with van der Waals surface area (Å²) in [7, 11) is 1.68. The molecule has 1 aromatic carbocycles. The largest absolute Gasteiger partial charge is 0.497 e. The van der Waals surface area contributed by atoms with Gasteiger partial charge in [-0.25, -0.2) is 0 Å². The zero-order valence-electron chi connectivity index (χ0n) is 8.98. The van der Waals surface area contributed by atoms with Crippen LogP contribution >= 0.6 is 0 Å². The van der Waals surface area contributed by atoms with E-state index < -0.39 is 0 Å². The number of hydrogen-bond donors (Lipinski definition) is 0. The van der Waals surface area contributed by atoms with Crippen molar-refractivity contribution in [3.63, 3.8) is 0 Å². The number of carbonyl (C=O) groups excluding carboxylic acids is 1. The Balaban J connectivity index is 2.12. The number of carbonyl (C=O) groups is 1. The van der Waals surface area contributed by atoms with Crippen molar-refractivity contribution in [1.82, 2.24) is 0 Å². The van der Waals surface area contributed by atoms with Crippen molar-refractivity contribution in [3.8, 4) is 5.75 Å². The average molecular weight is 204 g/mol. The summed E-state index contributed by atoms with van der Waals surface area (Å²) >= 11 is 0. The Kier molecular flexibility index (Phi) is 3.05.